The summed E-state index contributed by atoms with van der Waals surface area (Å²) in [5, 5.41) is 21.1. The van der Waals surface area contributed by atoms with E-state index in [1.165, 1.54) is 11.1 Å². The first kappa shape index (κ1) is 27.5. The second-order valence-corrected chi connectivity index (χ2v) is 9.44. The van der Waals surface area contributed by atoms with E-state index < -0.39 is 6.03 Å². The minimum absolute atomic E-state index is 0.124. The van der Waals surface area contributed by atoms with Crippen LogP contribution < -0.4 is 20.9 Å². The standard InChI is InChI=1S/C28H37N5O2/c1-7-19(3)24-16-23(28(5,6)8-2)10-11-26(24)35-13-9-12-31-27(34)33-32-25-15-22(18-30)21(17-29)14-20(25)4/h10-11,14-16,19,32H,7-9,12-13H2,1-6H3,(H2,31,33,34). The van der Waals surface area contributed by atoms with Crippen LogP contribution in [0.25, 0.3) is 0 Å². The van der Waals surface area contributed by atoms with Crippen molar-refractivity contribution < 1.29 is 9.53 Å². The fourth-order valence-corrected chi connectivity index (χ4v) is 3.56. The molecule has 0 aliphatic carbocycles. The SMILES string of the molecule is CCC(C)c1cc(C(C)(C)CC)ccc1OCCCNC(=O)NNc1cc(C#N)c(C#N)cc1C. The Kier molecular flexibility index (Phi) is 9.97. The molecule has 1 atom stereocenters. The van der Waals surface area contributed by atoms with Crippen molar-refractivity contribution in [2.75, 3.05) is 18.6 Å². The molecule has 2 rings (SSSR count). The summed E-state index contributed by atoms with van der Waals surface area (Å²) in [5.41, 5.74) is 9.91. The Hall–Kier alpha value is -3.71. The van der Waals surface area contributed by atoms with Crippen molar-refractivity contribution in [3.05, 3.63) is 58.1 Å². The van der Waals surface area contributed by atoms with Crippen LogP contribution in [0.1, 0.15) is 87.6 Å². The average molecular weight is 476 g/mol. The summed E-state index contributed by atoms with van der Waals surface area (Å²) in [5.74, 6) is 1.31. The lowest BCUT2D eigenvalue weighted by atomic mass is 9.80. The van der Waals surface area contributed by atoms with Crippen molar-refractivity contribution in [1.29, 1.82) is 10.5 Å². The monoisotopic (exact) mass is 475 g/mol. The molecule has 0 aliphatic heterocycles. The van der Waals surface area contributed by atoms with Gasteiger partial charge in [-0.15, -0.1) is 0 Å². The van der Waals surface area contributed by atoms with Gasteiger partial charge in [0, 0.05) is 6.54 Å². The van der Waals surface area contributed by atoms with Gasteiger partial charge in [0.25, 0.3) is 0 Å². The summed E-state index contributed by atoms with van der Waals surface area (Å²) in [4.78, 5) is 12.1. The van der Waals surface area contributed by atoms with Gasteiger partial charge in [-0.2, -0.15) is 10.5 Å². The zero-order valence-electron chi connectivity index (χ0n) is 21.7. The number of nitriles is 2. The first-order valence-corrected chi connectivity index (χ1v) is 12.2. The van der Waals surface area contributed by atoms with Crippen molar-refractivity contribution in [3.8, 4) is 17.9 Å². The number of aryl methyl sites for hydroxylation is 1. The van der Waals surface area contributed by atoms with Crippen LogP contribution >= 0.6 is 0 Å². The van der Waals surface area contributed by atoms with Gasteiger partial charge >= 0.3 is 6.03 Å². The third-order valence-electron chi connectivity index (χ3n) is 6.60. The number of urea groups is 1. The fourth-order valence-electron chi connectivity index (χ4n) is 3.56. The quantitative estimate of drug-likeness (QED) is 0.271. The van der Waals surface area contributed by atoms with Crippen LogP contribution in [0.5, 0.6) is 5.75 Å². The number of hydrogen-bond acceptors (Lipinski definition) is 5. The maximum Gasteiger partial charge on any atom is 0.333 e. The average Bonchev–Trinajstić information content (AvgIpc) is 2.86. The minimum Gasteiger partial charge on any atom is -0.493 e. The molecular weight excluding hydrogens is 438 g/mol. The highest BCUT2D eigenvalue weighted by Crippen LogP contribution is 2.35. The first-order chi connectivity index (χ1) is 16.7. The molecule has 186 valence electrons. The van der Waals surface area contributed by atoms with Crippen LogP contribution in [0.2, 0.25) is 0 Å². The van der Waals surface area contributed by atoms with Crippen molar-refractivity contribution in [2.24, 2.45) is 0 Å². The maximum absolute atomic E-state index is 12.1. The number of benzene rings is 2. The summed E-state index contributed by atoms with van der Waals surface area (Å²) in [6.45, 7) is 13.9. The van der Waals surface area contributed by atoms with Crippen LogP contribution in [-0.4, -0.2) is 19.2 Å². The van der Waals surface area contributed by atoms with Crippen LogP contribution in [0.4, 0.5) is 10.5 Å². The van der Waals surface area contributed by atoms with Crippen LogP contribution in [-0.2, 0) is 5.41 Å². The molecule has 2 amide bonds. The third kappa shape index (κ3) is 7.39. The Labute approximate surface area is 209 Å². The molecule has 7 heteroatoms. The topological polar surface area (TPSA) is 110 Å². The van der Waals surface area contributed by atoms with E-state index in [0.29, 0.717) is 36.7 Å². The molecule has 0 saturated carbocycles. The van der Waals surface area contributed by atoms with E-state index >= 15 is 0 Å². The van der Waals surface area contributed by atoms with Gasteiger partial charge in [-0.25, -0.2) is 4.79 Å². The van der Waals surface area contributed by atoms with E-state index in [1.54, 1.807) is 19.1 Å². The number of ether oxygens (including phenoxy) is 1. The van der Waals surface area contributed by atoms with E-state index in [-0.39, 0.29) is 11.0 Å². The molecule has 0 fully saturated rings. The number of nitrogens with one attached hydrogen (secondary N) is 3. The maximum atomic E-state index is 12.1. The number of hydrazine groups is 1. The largest absolute Gasteiger partial charge is 0.493 e. The van der Waals surface area contributed by atoms with Crippen molar-refractivity contribution in [1.82, 2.24) is 10.7 Å². The summed E-state index contributed by atoms with van der Waals surface area (Å²) in [7, 11) is 0. The van der Waals surface area contributed by atoms with E-state index in [1.807, 2.05) is 12.1 Å². The Morgan fingerprint density at radius 3 is 2.43 bits per heavy atom. The predicted octanol–water partition coefficient (Wildman–Crippen LogP) is 6.03. The summed E-state index contributed by atoms with van der Waals surface area (Å²) < 4.78 is 6.09. The highest BCUT2D eigenvalue weighted by Gasteiger charge is 2.21. The predicted molar refractivity (Wildman–Crippen MR) is 139 cm³/mol. The van der Waals surface area contributed by atoms with Gasteiger partial charge in [0.2, 0.25) is 0 Å². The Morgan fingerprint density at radius 1 is 1.11 bits per heavy atom. The molecule has 0 saturated heterocycles. The molecule has 1 unspecified atom stereocenters. The molecule has 0 heterocycles. The number of anilines is 1. The van der Waals surface area contributed by atoms with Gasteiger partial charge < -0.3 is 10.1 Å². The summed E-state index contributed by atoms with van der Waals surface area (Å²) >= 11 is 0. The van der Waals surface area contributed by atoms with Gasteiger partial charge in [-0.05, 0) is 72.4 Å². The number of rotatable bonds is 11. The second-order valence-electron chi connectivity index (χ2n) is 9.44. The molecule has 7 nitrogen and oxygen atoms in total. The highest BCUT2D eigenvalue weighted by molar-refractivity contribution is 5.76. The number of amides is 2. The molecule has 0 aliphatic rings. The molecule has 2 aromatic carbocycles. The van der Waals surface area contributed by atoms with Gasteiger partial charge in [0.05, 0.1) is 23.4 Å². The Morgan fingerprint density at radius 2 is 1.80 bits per heavy atom. The van der Waals surface area contributed by atoms with E-state index in [0.717, 1.165) is 24.2 Å². The van der Waals surface area contributed by atoms with E-state index in [9.17, 15) is 10.1 Å². The fraction of sp³-hybridized carbons (Fsp3) is 0.464. The normalized spacial score (nSPS) is 11.7. The lowest BCUT2D eigenvalue weighted by molar-refractivity contribution is 0.241. The van der Waals surface area contributed by atoms with E-state index in [4.69, 9.17) is 10.00 Å². The lowest BCUT2D eigenvalue weighted by Crippen LogP contribution is -2.39. The molecular formula is C28H37N5O2. The molecule has 0 bridgehead atoms. The number of nitrogens with zero attached hydrogens (tertiary/aromatic N) is 2. The highest BCUT2D eigenvalue weighted by atomic mass is 16.5. The van der Waals surface area contributed by atoms with Crippen LogP contribution in [0, 0.1) is 29.6 Å². The zero-order valence-corrected chi connectivity index (χ0v) is 21.7. The van der Waals surface area contributed by atoms with Crippen LogP contribution in [0.3, 0.4) is 0 Å². The van der Waals surface area contributed by atoms with Crippen molar-refractivity contribution in [2.45, 2.75) is 72.1 Å². The molecule has 0 spiro atoms. The molecule has 35 heavy (non-hydrogen) atoms. The molecule has 0 aromatic heterocycles. The van der Waals surface area contributed by atoms with Gasteiger partial charge in [-0.1, -0.05) is 46.8 Å². The number of carbonyl (C=O) groups is 1. The van der Waals surface area contributed by atoms with Gasteiger partial charge in [-0.3, -0.25) is 10.9 Å². The van der Waals surface area contributed by atoms with Gasteiger partial charge in [0.1, 0.15) is 17.9 Å². The lowest BCUT2D eigenvalue weighted by Gasteiger charge is -2.26. The first-order valence-electron chi connectivity index (χ1n) is 12.2. The number of carbonyl (C=O) groups excluding carboxylic acids is 1. The van der Waals surface area contributed by atoms with E-state index in [2.05, 4.69) is 69.0 Å². The Balaban J connectivity index is 1.86. The smallest absolute Gasteiger partial charge is 0.333 e. The zero-order chi connectivity index (χ0) is 26.0. The number of hydrogen-bond donors (Lipinski definition) is 3. The minimum atomic E-state index is -0.390. The van der Waals surface area contributed by atoms with Crippen molar-refractivity contribution >= 4 is 11.7 Å². The molecule has 0 radical (unpaired) electrons. The second kappa shape index (κ2) is 12.7. The van der Waals surface area contributed by atoms with Crippen molar-refractivity contribution in [3.63, 3.8) is 0 Å². The summed E-state index contributed by atoms with van der Waals surface area (Å²) in [6.07, 6.45) is 2.76. The molecule has 3 N–H and O–H groups in total. The summed E-state index contributed by atoms with van der Waals surface area (Å²) in [6, 6.07) is 13.3. The van der Waals surface area contributed by atoms with Crippen LogP contribution in [0.15, 0.2) is 30.3 Å². The molecule has 2 aromatic rings. The third-order valence-corrected chi connectivity index (χ3v) is 6.60. The Bertz CT molecular complexity index is 1110. The van der Waals surface area contributed by atoms with Gasteiger partial charge in [0.15, 0.2) is 0 Å².